The molecule has 0 saturated heterocycles. The Bertz CT molecular complexity index is 424. The molecular formula is C16H26N2O2. The average Bonchev–Trinajstić information content (AvgIpc) is 2.46. The zero-order valence-electron chi connectivity index (χ0n) is 12.9. The van der Waals surface area contributed by atoms with E-state index in [4.69, 9.17) is 5.11 Å². The standard InChI is InChI=1S/C16H26N2O2/c1-5-13-8-7-9-14(6-2)15(13)18-16(20)17-12(4)11(3)10-19/h7-9,11-12,19H,5-6,10H2,1-4H3,(H2,17,18,20). The van der Waals surface area contributed by atoms with Crippen molar-refractivity contribution >= 4 is 11.7 Å². The molecule has 2 atom stereocenters. The van der Waals surface area contributed by atoms with Gasteiger partial charge in [0.1, 0.15) is 0 Å². The van der Waals surface area contributed by atoms with Gasteiger partial charge in [0.2, 0.25) is 0 Å². The predicted octanol–water partition coefficient (Wildman–Crippen LogP) is 2.95. The number of para-hydroxylation sites is 1. The van der Waals surface area contributed by atoms with Crippen LogP contribution >= 0.6 is 0 Å². The van der Waals surface area contributed by atoms with Crippen LogP contribution in [0.2, 0.25) is 0 Å². The van der Waals surface area contributed by atoms with Gasteiger partial charge >= 0.3 is 6.03 Å². The Kier molecular flexibility index (Phi) is 6.52. The van der Waals surface area contributed by atoms with Gasteiger partial charge in [-0.1, -0.05) is 39.0 Å². The van der Waals surface area contributed by atoms with Crippen LogP contribution in [-0.2, 0) is 12.8 Å². The lowest BCUT2D eigenvalue weighted by molar-refractivity contribution is 0.204. The Morgan fingerprint density at radius 1 is 1.20 bits per heavy atom. The molecule has 112 valence electrons. The van der Waals surface area contributed by atoms with Gasteiger partial charge in [0, 0.05) is 18.3 Å². The molecule has 20 heavy (non-hydrogen) atoms. The molecule has 0 bridgehead atoms. The summed E-state index contributed by atoms with van der Waals surface area (Å²) < 4.78 is 0. The van der Waals surface area contributed by atoms with Crippen molar-refractivity contribution < 1.29 is 9.90 Å². The molecule has 1 aromatic carbocycles. The number of aliphatic hydroxyl groups is 1. The summed E-state index contributed by atoms with van der Waals surface area (Å²) in [6, 6.07) is 5.81. The van der Waals surface area contributed by atoms with Crippen molar-refractivity contribution in [2.45, 2.75) is 46.6 Å². The smallest absolute Gasteiger partial charge is 0.319 e. The zero-order valence-corrected chi connectivity index (χ0v) is 12.9. The third-order valence-corrected chi connectivity index (χ3v) is 3.74. The molecule has 0 aliphatic carbocycles. The molecule has 0 radical (unpaired) electrons. The molecule has 0 aliphatic heterocycles. The third-order valence-electron chi connectivity index (χ3n) is 3.74. The molecule has 4 nitrogen and oxygen atoms in total. The fourth-order valence-electron chi connectivity index (χ4n) is 2.06. The highest BCUT2D eigenvalue weighted by Gasteiger charge is 2.15. The summed E-state index contributed by atoms with van der Waals surface area (Å²) in [4.78, 5) is 12.1. The summed E-state index contributed by atoms with van der Waals surface area (Å²) in [6.45, 7) is 8.02. The van der Waals surface area contributed by atoms with Crippen molar-refractivity contribution in [2.75, 3.05) is 11.9 Å². The molecule has 2 unspecified atom stereocenters. The molecule has 3 N–H and O–H groups in total. The summed E-state index contributed by atoms with van der Waals surface area (Å²) in [5.41, 5.74) is 3.20. The molecule has 0 heterocycles. The first-order valence-electron chi connectivity index (χ1n) is 7.32. The first kappa shape index (κ1) is 16.5. The van der Waals surface area contributed by atoms with Gasteiger partial charge in [0.25, 0.3) is 0 Å². The van der Waals surface area contributed by atoms with Crippen molar-refractivity contribution in [3.8, 4) is 0 Å². The van der Waals surface area contributed by atoms with Gasteiger partial charge in [-0.3, -0.25) is 0 Å². The van der Waals surface area contributed by atoms with Gasteiger partial charge in [-0.25, -0.2) is 4.79 Å². The summed E-state index contributed by atoms with van der Waals surface area (Å²) in [5, 5.41) is 14.9. The van der Waals surface area contributed by atoms with Gasteiger partial charge in [-0.05, 0) is 36.8 Å². The molecule has 1 rings (SSSR count). The molecule has 0 aliphatic rings. The molecule has 2 amide bonds. The predicted molar refractivity (Wildman–Crippen MR) is 83.1 cm³/mol. The number of aryl methyl sites for hydroxylation is 2. The number of rotatable bonds is 6. The fourth-order valence-corrected chi connectivity index (χ4v) is 2.06. The highest BCUT2D eigenvalue weighted by atomic mass is 16.3. The lowest BCUT2D eigenvalue weighted by Crippen LogP contribution is -2.41. The van der Waals surface area contributed by atoms with Crippen molar-refractivity contribution in [3.05, 3.63) is 29.3 Å². The number of hydrogen-bond acceptors (Lipinski definition) is 2. The molecule has 0 spiro atoms. The number of urea groups is 1. The maximum Gasteiger partial charge on any atom is 0.319 e. The van der Waals surface area contributed by atoms with Gasteiger partial charge in [0.15, 0.2) is 0 Å². The number of anilines is 1. The van der Waals surface area contributed by atoms with E-state index in [9.17, 15) is 4.79 Å². The average molecular weight is 278 g/mol. The second kappa shape index (κ2) is 7.90. The highest BCUT2D eigenvalue weighted by Crippen LogP contribution is 2.22. The second-order valence-corrected chi connectivity index (χ2v) is 5.21. The summed E-state index contributed by atoms with van der Waals surface area (Å²) in [7, 11) is 0. The first-order chi connectivity index (χ1) is 9.53. The summed E-state index contributed by atoms with van der Waals surface area (Å²) in [5.74, 6) is 0.0350. The van der Waals surface area contributed by atoms with E-state index in [0.717, 1.165) is 29.7 Å². The topological polar surface area (TPSA) is 61.4 Å². The Labute approximate surface area is 121 Å². The minimum Gasteiger partial charge on any atom is -0.396 e. The van der Waals surface area contributed by atoms with E-state index in [1.54, 1.807) is 0 Å². The number of aliphatic hydroxyl groups excluding tert-OH is 1. The highest BCUT2D eigenvalue weighted by molar-refractivity contribution is 5.91. The number of carbonyl (C=O) groups is 1. The lowest BCUT2D eigenvalue weighted by Gasteiger charge is -2.21. The third kappa shape index (κ3) is 4.23. The Morgan fingerprint density at radius 3 is 2.20 bits per heavy atom. The SMILES string of the molecule is CCc1cccc(CC)c1NC(=O)NC(C)C(C)CO. The zero-order chi connectivity index (χ0) is 15.1. The maximum atomic E-state index is 12.1. The summed E-state index contributed by atoms with van der Waals surface area (Å²) in [6.07, 6.45) is 1.76. The van der Waals surface area contributed by atoms with E-state index in [2.05, 4.69) is 24.5 Å². The van der Waals surface area contributed by atoms with E-state index in [0.29, 0.717) is 0 Å². The molecule has 0 saturated carbocycles. The van der Waals surface area contributed by atoms with Crippen LogP contribution in [0.3, 0.4) is 0 Å². The first-order valence-corrected chi connectivity index (χ1v) is 7.32. The van der Waals surface area contributed by atoms with Crippen LogP contribution in [-0.4, -0.2) is 23.8 Å². The number of nitrogens with one attached hydrogen (secondary N) is 2. The van der Waals surface area contributed by atoms with E-state index >= 15 is 0 Å². The number of carbonyl (C=O) groups excluding carboxylic acids is 1. The van der Waals surface area contributed by atoms with E-state index in [1.807, 2.05) is 32.0 Å². The minimum absolute atomic E-state index is 0.0350. The molecule has 1 aromatic rings. The van der Waals surface area contributed by atoms with Gasteiger partial charge in [-0.15, -0.1) is 0 Å². The van der Waals surface area contributed by atoms with Crippen molar-refractivity contribution in [2.24, 2.45) is 5.92 Å². The van der Waals surface area contributed by atoms with Crippen LogP contribution in [0, 0.1) is 5.92 Å². The van der Waals surface area contributed by atoms with Gasteiger partial charge in [-0.2, -0.15) is 0 Å². The quantitative estimate of drug-likeness (QED) is 0.749. The number of amides is 2. The van der Waals surface area contributed by atoms with Gasteiger partial charge in [0.05, 0.1) is 0 Å². The Morgan fingerprint density at radius 2 is 1.75 bits per heavy atom. The van der Waals surface area contributed by atoms with Crippen LogP contribution in [0.25, 0.3) is 0 Å². The minimum atomic E-state index is -0.214. The Balaban J connectivity index is 2.80. The normalized spacial score (nSPS) is 13.7. The molecule has 0 aromatic heterocycles. The largest absolute Gasteiger partial charge is 0.396 e. The van der Waals surface area contributed by atoms with Gasteiger partial charge < -0.3 is 15.7 Å². The molecule has 0 fully saturated rings. The van der Waals surface area contributed by atoms with Crippen LogP contribution < -0.4 is 10.6 Å². The molecular weight excluding hydrogens is 252 g/mol. The Hall–Kier alpha value is -1.55. The summed E-state index contributed by atoms with van der Waals surface area (Å²) >= 11 is 0. The number of benzene rings is 1. The van der Waals surface area contributed by atoms with Crippen LogP contribution in [0.15, 0.2) is 18.2 Å². The number of hydrogen-bond donors (Lipinski definition) is 3. The van der Waals surface area contributed by atoms with Crippen molar-refractivity contribution in [1.82, 2.24) is 5.32 Å². The van der Waals surface area contributed by atoms with Crippen LogP contribution in [0.1, 0.15) is 38.8 Å². The van der Waals surface area contributed by atoms with E-state index in [-0.39, 0.29) is 24.6 Å². The fraction of sp³-hybridized carbons (Fsp3) is 0.562. The van der Waals surface area contributed by atoms with Crippen molar-refractivity contribution in [3.63, 3.8) is 0 Å². The maximum absolute atomic E-state index is 12.1. The van der Waals surface area contributed by atoms with Crippen molar-refractivity contribution in [1.29, 1.82) is 0 Å². The molecule has 4 heteroatoms. The van der Waals surface area contributed by atoms with E-state index in [1.165, 1.54) is 0 Å². The van der Waals surface area contributed by atoms with Crippen LogP contribution in [0.4, 0.5) is 10.5 Å². The van der Waals surface area contributed by atoms with Crippen LogP contribution in [0.5, 0.6) is 0 Å². The van der Waals surface area contributed by atoms with E-state index < -0.39 is 0 Å². The second-order valence-electron chi connectivity index (χ2n) is 5.21. The lowest BCUT2D eigenvalue weighted by atomic mass is 10.0. The monoisotopic (exact) mass is 278 g/mol.